The lowest BCUT2D eigenvalue weighted by atomic mass is 10.0. The van der Waals surface area contributed by atoms with Crippen molar-refractivity contribution in [1.29, 1.82) is 0 Å². The Bertz CT molecular complexity index is 651. The molecule has 2 rings (SSSR count). The Morgan fingerprint density at radius 2 is 1.86 bits per heavy atom. The first-order chi connectivity index (χ1) is 10.1. The molecule has 0 aromatic heterocycles. The van der Waals surface area contributed by atoms with Crippen LogP contribution in [0.1, 0.15) is 19.4 Å². The minimum absolute atomic E-state index is 0.216. The lowest BCUT2D eigenvalue weighted by Crippen LogP contribution is -2.22. The maximum Gasteiger partial charge on any atom is 0.409 e. The molecule has 0 radical (unpaired) electrons. The highest BCUT2D eigenvalue weighted by molar-refractivity contribution is 6.02. The Morgan fingerprint density at radius 3 is 2.48 bits per heavy atom. The predicted molar refractivity (Wildman–Crippen MR) is 83.9 cm³/mol. The molecule has 112 valence electrons. The number of phenolic OH excluding ortho intramolecular Hbond substituents is 1. The fourth-order valence-electron chi connectivity index (χ4n) is 2.43. The van der Waals surface area contributed by atoms with Crippen molar-refractivity contribution in [2.75, 3.05) is 18.4 Å². The lowest BCUT2D eigenvalue weighted by molar-refractivity contribution is 0.210. The summed E-state index contributed by atoms with van der Waals surface area (Å²) >= 11 is 0. The van der Waals surface area contributed by atoms with Crippen molar-refractivity contribution in [2.45, 2.75) is 20.4 Å². The molecule has 0 aliphatic carbocycles. The van der Waals surface area contributed by atoms with Gasteiger partial charge in [-0.2, -0.15) is 0 Å². The molecule has 2 aromatic carbocycles. The third-order valence-corrected chi connectivity index (χ3v) is 3.65. The quantitative estimate of drug-likeness (QED) is 0.787. The van der Waals surface area contributed by atoms with Gasteiger partial charge in [-0.1, -0.05) is 38.1 Å². The molecule has 0 heterocycles. The average Bonchev–Trinajstić information content (AvgIpc) is 2.47. The topological polar surface area (TPSA) is 72.8 Å². The number of phenols is 1. The minimum Gasteiger partial charge on any atom is -0.507 e. The average molecular weight is 288 g/mol. The number of nitrogens with one attached hydrogen (secondary N) is 1. The number of aromatic hydroxyl groups is 1. The van der Waals surface area contributed by atoms with E-state index in [9.17, 15) is 9.90 Å². The van der Waals surface area contributed by atoms with E-state index in [1.165, 1.54) is 0 Å². The molecular weight excluding hydrogens is 268 g/mol. The van der Waals surface area contributed by atoms with Crippen LogP contribution in [0.15, 0.2) is 30.3 Å². The van der Waals surface area contributed by atoms with Crippen LogP contribution in [0.2, 0.25) is 0 Å². The Hall–Kier alpha value is -2.27. The van der Waals surface area contributed by atoms with Gasteiger partial charge in [0.15, 0.2) is 0 Å². The second kappa shape index (κ2) is 6.45. The van der Waals surface area contributed by atoms with Gasteiger partial charge in [-0.3, -0.25) is 10.2 Å². The molecule has 5 heteroatoms. The van der Waals surface area contributed by atoms with E-state index in [1.807, 2.05) is 12.1 Å². The summed E-state index contributed by atoms with van der Waals surface area (Å²) < 4.78 is 0. The smallest absolute Gasteiger partial charge is 0.409 e. The van der Waals surface area contributed by atoms with Crippen molar-refractivity contribution in [1.82, 2.24) is 4.90 Å². The molecule has 0 aliphatic rings. The normalized spacial score (nSPS) is 11.0. The zero-order valence-corrected chi connectivity index (χ0v) is 12.3. The molecule has 0 saturated carbocycles. The number of anilines is 1. The summed E-state index contributed by atoms with van der Waals surface area (Å²) in [6.07, 6.45) is -1.12. The zero-order chi connectivity index (χ0) is 15.4. The summed E-state index contributed by atoms with van der Waals surface area (Å²) in [7, 11) is 0. The summed E-state index contributed by atoms with van der Waals surface area (Å²) in [5, 5.41) is 23.0. The van der Waals surface area contributed by atoms with Crippen LogP contribution >= 0.6 is 0 Å². The van der Waals surface area contributed by atoms with Crippen molar-refractivity contribution < 1.29 is 15.0 Å². The van der Waals surface area contributed by atoms with Crippen molar-refractivity contribution in [3.05, 3.63) is 35.9 Å². The first-order valence-electron chi connectivity index (χ1n) is 7.02. The molecule has 1 amide bonds. The van der Waals surface area contributed by atoms with E-state index < -0.39 is 6.09 Å². The van der Waals surface area contributed by atoms with Gasteiger partial charge in [-0.25, -0.2) is 4.79 Å². The zero-order valence-electron chi connectivity index (χ0n) is 12.3. The molecule has 0 saturated heterocycles. The standard InChI is InChI=1S/C16H20N2O3/c1-3-18(4-2)10-11-8-9-12-13(15(11)19)6-5-7-14(12)17-16(20)21/h5-9,17,19H,3-4,10H2,1-2H3,(H,20,21). The first kappa shape index (κ1) is 15.1. The van der Waals surface area contributed by atoms with E-state index in [0.29, 0.717) is 23.0 Å². The maximum atomic E-state index is 10.8. The molecule has 0 atom stereocenters. The van der Waals surface area contributed by atoms with Crippen LogP contribution in [0.25, 0.3) is 10.8 Å². The molecule has 0 unspecified atom stereocenters. The molecular formula is C16H20N2O3. The number of rotatable bonds is 5. The Balaban J connectivity index is 2.45. The minimum atomic E-state index is -1.12. The van der Waals surface area contributed by atoms with Crippen LogP contribution in [0.3, 0.4) is 0 Å². The number of fused-ring (bicyclic) bond motifs is 1. The van der Waals surface area contributed by atoms with Crippen molar-refractivity contribution in [3.8, 4) is 5.75 Å². The fraction of sp³-hybridized carbons (Fsp3) is 0.312. The number of hydrogen-bond donors (Lipinski definition) is 3. The highest BCUT2D eigenvalue weighted by Gasteiger charge is 2.12. The summed E-state index contributed by atoms with van der Waals surface area (Å²) in [4.78, 5) is 13.0. The van der Waals surface area contributed by atoms with E-state index in [-0.39, 0.29) is 5.75 Å². The van der Waals surface area contributed by atoms with Crippen LogP contribution in [0.5, 0.6) is 5.75 Å². The van der Waals surface area contributed by atoms with Crippen LogP contribution in [-0.4, -0.2) is 34.3 Å². The first-order valence-corrected chi connectivity index (χ1v) is 7.02. The third-order valence-electron chi connectivity index (χ3n) is 3.65. The molecule has 0 spiro atoms. The molecule has 3 N–H and O–H groups in total. The predicted octanol–water partition coefficient (Wildman–Crippen LogP) is 3.48. The van der Waals surface area contributed by atoms with E-state index in [2.05, 4.69) is 24.1 Å². The molecule has 5 nitrogen and oxygen atoms in total. The maximum absolute atomic E-state index is 10.8. The van der Waals surface area contributed by atoms with Gasteiger partial charge in [0.1, 0.15) is 5.75 Å². The number of hydrogen-bond acceptors (Lipinski definition) is 3. The van der Waals surface area contributed by atoms with E-state index in [4.69, 9.17) is 5.11 Å². The summed E-state index contributed by atoms with van der Waals surface area (Å²) in [6.45, 7) is 6.65. The van der Waals surface area contributed by atoms with Gasteiger partial charge in [-0.05, 0) is 19.2 Å². The Morgan fingerprint density at radius 1 is 1.14 bits per heavy atom. The van der Waals surface area contributed by atoms with Gasteiger partial charge < -0.3 is 10.2 Å². The summed E-state index contributed by atoms with van der Waals surface area (Å²) in [6, 6.07) is 8.90. The van der Waals surface area contributed by atoms with Gasteiger partial charge in [0.25, 0.3) is 0 Å². The third kappa shape index (κ3) is 3.25. The van der Waals surface area contributed by atoms with Gasteiger partial charge >= 0.3 is 6.09 Å². The van der Waals surface area contributed by atoms with Crippen LogP contribution in [0.4, 0.5) is 10.5 Å². The summed E-state index contributed by atoms with van der Waals surface area (Å²) in [5.41, 5.74) is 1.32. The number of benzene rings is 2. The van der Waals surface area contributed by atoms with Gasteiger partial charge in [0.05, 0.1) is 5.69 Å². The Labute approximate surface area is 123 Å². The number of carboxylic acid groups (broad SMARTS) is 1. The molecule has 2 aromatic rings. The highest BCUT2D eigenvalue weighted by atomic mass is 16.4. The fourth-order valence-corrected chi connectivity index (χ4v) is 2.43. The largest absolute Gasteiger partial charge is 0.507 e. The van der Waals surface area contributed by atoms with Crippen molar-refractivity contribution in [3.63, 3.8) is 0 Å². The van der Waals surface area contributed by atoms with Crippen molar-refractivity contribution >= 4 is 22.6 Å². The molecule has 0 aliphatic heterocycles. The van der Waals surface area contributed by atoms with Crippen LogP contribution in [-0.2, 0) is 6.54 Å². The second-order valence-corrected chi connectivity index (χ2v) is 4.87. The SMILES string of the molecule is CCN(CC)Cc1ccc2c(NC(=O)O)cccc2c1O. The van der Waals surface area contributed by atoms with Crippen LogP contribution < -0.4 is 5.32 Å². The van der Waals surface area contributed by atoms with Crippen LogP contribution in [0, 0.1) is 0 Å². The van der Waals surface area contributed by atoms with E-state index in [1.54, 1.807) is 18.2 Å². The summed E-state index contributed by atoms with van der Waals surface area (Å²) in [5.74, 6) is 0.216. The van der Waals surface area contributed by atoms with E-state index >= 15 is 0 Å². The Kier molecular flexibility index (Phi) is 4.65. The van der Waals surface area contributed by atoms with E-state index in [0.717, 1.165) is 18.7 Å². The van der Waals surface area contributed by atoms with Crippen molar-refractivity contribution in [2.24, 2.45) is 0 Å². The number of nitrogens with zero attached hydrogens (tertiary/aromatic N) is 1. The van der Waals surface area contributed by atoms with Gasteiger partial charge in [0.2, 0.25) is 0 Å². The molecule has 21 heavy (non-hydrogen) atoms. The highest BCUT2D eigenvalue weighted by Crippen LogP contribution is 2.33. The molecule has 0 bridgehead atoms. The second-order valence-electron chi connectivity index (χ2n) is 4.87. The number of amides is 1. The van der Waals surface area contributed by atoms with Gasteiger partial charge in [0, 0.05) is 22.9 Å². The molecule has 0 fully saturated rings. The monoisotopic (exact) mass is 288 g/mol. The lowest BCUT2D eigenvalue weighted by Gasteiger charge is -2.19. The number of carbonyl (C=O) groups is 1. The van der Waals surface area contributed by atoms with Gasteiger partial charge in [-0.15, -0.1) is 0 Å².